The van der Waals surface area contributed by atoms with Crippen LogP contribution < -0.4 is 15.6 Å². The maximum absolute atomic E-state index is 12.2. The number of pyridine rings is 1. The van der Waals surface area contributed by atoms with E-state index in [-0.39, 0.29) is 18.1 Å². The van der Waals surface area contributed by atoms with Crippen LogP contribution >= 0.6 is 23.2 Å². The van der Waals surface area contributed by atoms with Gasteiger partial charge in [-0.15, -0.1) is 0 Å². The number of amides is 1. The van der Waals surface area contributed by atoms with Crippen molar-refractivity contribution in [2.45, 2.75) is 20.3 Å². The van der Waals surface area contributed by atoms with Crippen molar-refractivity contribution in [1.29, 1.82) is 0 Å². The van der Waals surface area contributed by atoms with Crippen molar-refractivity contribution in [3.05, 3.63) is 67.9 Å². The number of ether oxygens (including phenoxy) is 1. The van der Waals surface area contributed by atoms with Crippen molar-refractivity contribution < 1.29 is 9.53 Å². The van der Waals surface area contributed by atoms with Crippen LogP contribution in [0.2, 0.25) is 10.0 Å². The number of aromatic nitrogens is 1. The molecule has 1 heterocycles. The number of H-pyrrole nitrogens is 1. The molecule has 7 heteroatoms. The molecule has 0 aliphatic rings. The lowest BCUT2D eigenvalue weighted by molar-refractivity contribution is -0.118. The van der Waals surface area contributed by atoms with Gasteiger partial charge in [0.1, 0.15) is 5.75 Å². The number of aromatic amines is 1. The summed E-state index contributed by atoms with van der Waals surface area (Å²) in [5.41, 5.74) is 2.86. The van der Waals surface area contributed by atoms with Gasteiger partial charge in [-0.3, -0.25) is 9.59 Å². The zero-order valence-corrected chi connectivity index (χ0v) is 16.4. The quantitative estimate of drug-likeness (QED) is 0.645. The van der Waals surface area contributed by atoms with Gasteiger partial charge in [-0.05, 0) is 49.2 Å². The Bertz CT molecular complexity index is 1080. The monoisotopic (exact) mass is 404 g/mol. The molecule has 0 fully saturated rings. The van der Waals surface area contributed by atoms with Crippen LogP contribution in [0.5, 0.6) is 5.75 Å². The zero-order chi connectivity index (χ0) is 19.6. The Hall–Kier alpha value is -2.50. The molecule has 27 heavy (non-hydrogen) atoms. The Morgan fingerprint density at radius 3 is 2.67 bits per heavy atom. The summed E-state index contributed by atoms with van der Waals surface area (Å²) in [7, 11) is 0. The Morgan fingerprint density at radius 1 is 1.19 bits per heavy atom. The molecule has 0 aliphatic carbocycles. The van der Waals surface area contributed by atoms with Gasteiger partial charge < -0.3 is 15.0 Å². The van der Waals surface area contributed by atoms with Crippen LogP contribution in [0, 0.1) is 6.92 Å². The van der Waals surface area contributed by atoms with E-state index in [0.29, 0.717) is 33.4 Å². The lowest BCUT2D eigenvalue weighted by atomic mass is 10.0. The molecule has 0 atom stereocenters. The number of aryl methyl sites for hydroxylation is 1. The first-order valence-electron chi connectivity index (χ1n) is 8.42. The number of carbonyl (C=O) groups is 1. The second-order valence-corrected chi connectivity index (χ2v) is 6.93. The van der Waals surface area contributed by atoms with Gasteiger partial charge in [-0.2, -0.15) is 0 Å². The number of benzene rings is 2. The second-order valence-electron chi connectivity index (χ2n) is 6.08. The molecule has 0 aliphatic heterocycles. The SMILES string of the molecule is CCc1c(C)c2ccc(NC(=O)COc3ccc(Cl)cc3Cl)cc2[nH]c1=O. The minimum Gasteiger partial charge on any atom is -0.482 e. The topological polar surface area (TPSA) is 71.2 Å². The van der Waals surface area contributed by atoms with Gasteiger partial charge in [-0.1, -0.05) is 36.2 Å². The van der Waals surface area contributed by atoms with Gasteiger partial charge in [0.05, 0.1) is 10.5 Å². The molecule has 5 nitrogen and oxygen atoms in total. The van der Waals surface area contributed by atoms with Crippen LogP contribution in [0.25, 0.3) is 10.9 Å². The molecule has 0 unspecified atom stereocenters. The third-order valence-electron chi connectivity index (χ3n) is 4.29. The van der Waals surface area contributed by atoms with E-state index < -0.39 is 0 Å². The average molecular weight is 405 g/mol. The van der Waals surface area contributed by atoms with Crippen LogP contribution in [-0.4, -0.2) is 17.5 Å². The third kappa shape index (κ3) is 4.26. The fraction of sp³-hybridized carbons (Fsp3) is 0.200. The van der Waals surface area contributed by atoms with Gasteiger partial charge in [-0.25, -0.2) is 0 Å². The van der Waals surface area contributed by atoms with Gasteiger partial charge in [0.25, 0.3) is 11.5 Å². The highest BCUT2D eigenvalue weighted by Gasteiger charge is 2.10. The van der Waals surface area contributed by atoms with Gasteiger partial charge in [0.15, 0.2) is 6.61 Å². The first kappa shape index (κ1) is 19.3. The fourth-order valence-corrected chi connectivity index (χ4v) is 3.40. The maximum Gasteiger partial charge on any atom is 0.262 e. The molecule has 0 saturated carbocycles. The number of fused-ring (bicyclic) bond motifs is 1. The summed E-state index contributed by atoms with van der Waals surface area (Å²) < 4.78 is 5.42. The van der Waals surface area contributed by atoms with Crippen LogP contribution in [0.3, 0.4) is 0 Å². The molecule has 0 radical (unpaired) electrons. The molecule has 2 N–H and O–H groups in total. The first-order valence-corrected chi connectivity index (χ1v) is 9.18. The van der Waals surface area contributed by atoms with E-state index in [0.717, 1.165) is 16.5 Å². The predicted molar refractivity (Wildman–Crippen MR) is 109 cm³/mol. The third-order valence-corrected chi connectivity index (χ3v) is 4.82. The molecule has 3 rings (SSSR count). The summed E-state index contributed by atoms with van der Waals surface area (Å²) in [6, 6.07) is 10.2. The van der Waals surface area contributed by atoms with Crippen molar-refractivity contribution in [1.82, 2.24) is 4.98 Å². The summed E-state index contributed by atoms with van der Waals surface area (Å²) in [6.45, 7) is 3.67. The van der Waals surface area contributed by atoms with E-state index in [1.54, 1.807) is 30.3 Å². The molecular formula is C20H18Cl2N2O3. The van der Waals surface area contributed by atoms with Crippen molar-refractivity contribution in [2.24, 2.45) is 0 Å². The van der Waals surface area contributed by atoms with E-state index in [1.165, 1.54) is 0 Å². The first-order chi connectivity index (χ1) is 12.9. The van der Waals surface area contributed by atoms with E-state index >= 15 is 0 Å². The highest BCUT2D eigenvalue weighted by atomic mass is 35.5. The Kier molecular flexibility index (Phi) is 5.73. The summed E-state index contributed by atoms with van der Waals surface area (Å²) in [5.74, 6) is 0.0337. The standard InChI is InChI=1S/C20H18Cl2N2O3/c1-3-14-11(2)15-6-5-13(9-17(15)24-20(14)26)23-19(25)10-27-18-7-4-12(21)8-16(18)22/h4-9H,3,10H2,1-2H3,(H,23,25)(H,24,26). The van der Waals surface area contributed by atoms with Crippen LogP contribution in [-0.2, 0) is 11.2 Å². The normalized spacial score (nSPS) is 10.8. The largest absolute Gasteiger partial charge is 0.482 e. The fourth-order valence-electron chi connectivity index (χ4n) is 2.94. The number of nitrogens with one attached hydrogen (secondary N) is 2. The molecule has 0 spiro atoms. The minimum absolute atomic E-state index is 0.105. The highest BCUT2D eigenvalue weighted by Crippen LogP contribution is 2.27. The van der Waals surface area contributed by atoms with E-state index in [4.69, 9.17) is 27.9 Å². The summed E-state index contributed by atoms with van der Waals surface area (Å²) in [4.78, 5) is 27.2. The summed E-state index contributed by atoms with van der Waals surface area (Å²) in [5, 5.41) is 4.52. The molecule has 0 bridgehead atoms. The molecule has 1 amide bonds. The Balaban J connectivity index is 1.74. The van der Waals surface area contributed by atoms with Gasteiger partial charge in [0, 0.05) is 21.7 Å². The Labute approximate surface area is 166 Å². The molecule has 3 aromatic rings. The van der Waals surface area contributed by atoms with Gasteiger partial charge in [0.2, 0.25) is 0 Å². The van der Waals surface area contributed by atoms with E-state index in [1.807, 2.05) is 19.9 Å². The number of halogens is 2. The average Bonchev–Trinajstić information content (AvgIpc) is 2.61. The number of hydrogen-bond acceptors (Lipinski definition) is 3. The molecule has 1 aromatic heterocycles. The van der Waals surface area contributed by atoms with Crippen molar-refractivity contribution >= 4 is 45.7 Å². The molecule has 140 valence electrons. The number of rotatable bonds is 5. The second kappa shape index (κ2) is 8.03. The van der Waals surface area contributed by atoms with Crippen molar-refractivity contribution in [2.75, 3.05) is 11.9 Å². The van der Waals surface area contributed by atoms with Crippen molar-refractivity contribution in [3.63, 3.8) is 0 Å². The minimum atomic E-state index is -0.343. The van der Waals surface area contributed by atoms with E-state index in [2.05, 4.69) is 10.3 Å². The summed E-state index contributed by atoms with van der Waals surface area (Å²) in [6.07, 6.45) is 0.667. The molecule has 2 aromatic carbocycles. The van der Waals surface area contributed by atoms with Crippen LogP contribution in [0.15, 0.2) is 41.2 Å². The maximum atomic E-state index is 12.2. The molecular weight excluding hydrogens is 387 g/mol. The lowest BCUT2D eigenvalue weighted by Crippen LogP contribution is -2.20. The number of carbonyl (C=O) groups excluding carboxylic acids is 1. The number of anilines is 1. The lowest BCUT2D eigenvalue weighted by Gasteiger charge is -2.11. The van der Waals surface area contributed by atoms with Gasteiger partial charge >= 0.3 is 0 Å². The smallest absolute Gasteiger partial charge is 0.262 e. The zero-order valence-electron chi connectivity index (χ0n) is 14.9. The highest BCUT2D eigenvalue weighted by molar-refractivity contribution is 6.35. The number of hydrogen-bond donors (Lipinski definition) is 2. The summed E-state index contributed by atoms with van der Waals surface area (Å²) >= 11 is 11.8. The predicted octanol–water partition coefficient (Wildman–Crippen LogP) is 4.72. The van der Waals surface area contributed by atoms with Crippen molar-refractivity contribution in [3.8, 4) is 5.75 Å². The Morgan fingerprint density at radius 2 is 1.96 bits per heavy atom. The molecule has 0 saturated heterocycles. The van der Waals surface area contributed by atoms with Crippen LogP contribution in [0.1, 0.15) is 18.1 Å². The van der Waals surface area contributed by atoms with Crippen LogP contribution in [0.4, 0.5) is 5.69 Å². The van der Waals surface area contributed by atoms with E-state index in [9.17, 15) is 9.59 Å².